The number of benzene rings is 2. The van der Waals surface area contributed by atoms with Crippen LogP contribution < -0.4 is 10.1 Å². The van der Waals surface area contributed by atoms with E-state index in [-0.39, 0.29) is 5.91 Å². The lowest BCUT2D eigenvalue weighted by atomic mass is 10.1. The van der Waals surface area contributed by atoms with Crippen LogP contribution in [0, 0.1) is 0 Å². The number of tetrazole rings is 1. The molecule has 0 saturated heterocycles. The molecular weight excluding hydrogens is 354 g/mol. The molecule has 1 aliphatic rings. The van der Waals surface area contributed by atoms with E-state index >= 15 is 0 Å². The molecule has 1 aromatic heterocycles. The lowest BCUT2D eigenvalue weighted by Gasteiger charge is -2.16. The highest BCUT2D eigenvalue weighted by Gasteiger charge is 2.17. The van der Waals surface area contributed by atoms with Gasteiger partial charge in [0.25, 0.3) is 0 Å². The third-order valence-electron chi connectivity index (χ3n) is 4.96. The van der Waals surface area contributed by atoms with E-state index in [0.29, 0.717) is 19.1 Å². The van der Waals surface area contributed by atoms with Crippen molar-refractivity contribution in [3.8, 4) is 11.4 Å². The van der Waals surface area contributed by atoms with Gasteiger partial charge in [-0.3, -0.25) is 4.79 Å². The molecule has 7 nitrogen and oxygen atoms in total. The van der Waals surface area contributed by atoms with Gasteiger partial charge in [0.15, 0.2) is 0 Å². The van der Waals surface area contributed by atoms with E-state index in [1.54, 1.807) is 4.68 Å². The van der Waals surface area contributed by atoms with Crippen LogP contribution in [0.2, 0.25) is 0 Å². The molecule has 0 aliphatic heterocycles. The molecule has 0 spiro atoms. The van der Waals surface area contributed by atoms with Gasteiger partial charge in [-0.25, -0.2) is 4.68 Å². The lowest BCUT2D eigenvalue weighted by molar-refractivity contribution is -0.120. The molecule has 1 heterocycles. The predicted octanol–water partition coefficient (Wildman–Crippen LogP) is 2.84. The number of ether oxygens (including phenoxy) is 1. The van der Waals surface area contributed by atoms with Gasteiger partial charge < -0.3 is 10.1 Å². The van der Waals surface area contributed by atoms with Gasteiger partial charge in [0, 0.05) is 12.1 Å². The molecule has 7 heteroatoms. The van der Waals surface area contributed by atoms with Gasteiger partial charge >= 0.3 is 0 Å². The zero-order chi connectivity index (χ0) is 19.2. The van der Waals surface area contributed by atoms with E-state index < -0.39 is 0 Å². The van der Waals surface area contributed by atoms with Crippen LogP contribution in [-0.2, 0) is 17.8 Å². The van der Waals surface area contributed by atoms with E-state index in [0.717, 1.165) is 35.4 Å². The zero-order valence-electron chi connectivity index (χ0n) is 15.6. The van der Waals surface area contributed by atoms with Crippen LogP contribution in [0.3, 0.4) is 0 Å². The highest BCUT2D eigenvalue weighted by Crippen LogP contribution is 2.26. The molecule has 1 saturated carbocycles. The van der Waals surface area contributed by atoms with Crippen molar-refractivity contribution in [2.45, 2.75) is 44.8 Å². The van der Waals surface area contributed by atoms with Crippen LogP contribution >= 0.6 is 0 Å². The predicted molar refractivity (Wildman–Crippen MR) is 104 cm³/mol. The fourth-order valence-electron chi connectivity index (χ4n) is 3.44. The molecule has 28 heavy (non-hydrogen) atoms. The summed E-state index contributed by atoms with van der Waals surface area (Å²) in [6.45, 7) is 0.463. The van der Waals surface area contributed by atoms with Crippen molar-refractivity contribution < 1.29 is 9.53 Å². The van der Waals surface area contributed by atoms with E-state index in [9.17, 15) is 4.79 Å². The number of amides is 1. The van der Waals surface area contributed by atoms with Gasteiger partial charge in [-0.2, -0.15) is 0 Å². The van der Waals surface area contributed by atoms with Crippen molar-refractivity contribution in [2.24, 2.45) is 0 Å². The first kappa shape index (κ1) is 18.2. The van der Waals surface area contributed by atoms with Crippen LogP contribution in [0.1, 0.15) is 36.8 Å². The van der Waals surface area contributed by atoms with Crippen molar-refractivity contribution in [2.75, 3.05) is 0 Å². The van der Waals surface area contributed by atoms with Crippen molar-refractivity contribution in [3.05, 3.63) is 66.0 Å². The minimum atomic E-state index is -0.0224. The third-order valence-corrected chi connectivity index (χ3v) is 4.96. The Kier molecular flexibility index (Phi) is 5.61. The number of carbonyl (C=O) groups excluding carboxylic acids is 1. The summed E-state index contributed by atoms with van der Waals surface area (Å²) in [5, 5.41) is 14.1. The number of aromatic nitrogens is 4. The molecule has 4 rings (SSSR count). The number of rotatable bonds is 7. The second-order valence-corrected chi connectivity index (χ2v) is 7.01. The molecule has 2 aromatic carbocycles. The molecule has 0 atom stereocenters. The normalized spacial score (nSPS) is 14.1. The van der Waals surface area contributed by atoms with E-state index in [1.165, 1.54) is 19.2 Å². The maximum Gasteiger partial charge on any atom is 0.224 e. The van der Waals surface area contributed by atoms with Gasteiger partial charge in [-0.15, -0.1) is 5.10 Å². The molecule has 0 bridgehead atoms. The number of para-hydroxylation sites is 1. The summed E-state index contributed by atoms with van der Waals surface area (Å²) in [6.07, 6.45) is 6.85. The summed E-state index contributed by atoms with van der Waals surface area (Å²) in [5.41, 5.74) is 2.80. The number of nitrogens with zero attached hydrogens (tertiary/aromatic N) is 4. The lowest BCUT2D eigenvalue weighted by Crippen LogP contribution is -2.25. The van der Waals surface area contributed by atoms with Crippen LogP contribution in [-0.4, -0.2) is 32.2 Å². The summed E-state index contributed by atoms with van der Waals surface area (Å²) < 4.78 is 7.71. The topological polar surface area (TPSA) is 81.9 Å². The van der Waals surface area contributed by atoms with Gasteiger partial charge in [0.05, 0.1) is 18.2 Å². The summed E-state index contributed by atoms with van der Waals surface area (Å²) in [5.74, 6) is 0.853. The summed E-state index contributed by atoms with van der Waals surface area (Å²) in [6, 6.07) is 15.5. The Morgan fingerprint density at radius 2 is 1.89 bits per heavy atom. The third kappa shape index (κ3) is 4.54. The minimum Gasteiger partial charge on any atom is -0.490 e. The maximum atomic E-state index is 12.4. The summed E-state index contributed by atoms with van der Waals surface area (Å²) >= 11 is 0. The number of hydrogen-bond donors (Lipinski definition) is 1. The molecule has 1 amide bonds. The Bertz CT molecular complexity index is 903. The first-order valence-electron chi connectivity index (χ1n) is 9.61. The van der Waals surface area contributed by atoms with Gasteiger partial charge in [-0.1, -0.05) is 30.3 Å². The molecule has 3 aromatic rings. The smallest absolute Gasteiger partial charge is 0.224 e. The Labute approximate surface area is 163 Å². The maximum absolute atomic E-state index is 12.4. The second-order valence-electron chi connectivity index (χ2n) is 7.01. The monoisotopic (exact) mass is 377 g/mol. The Balaban J connectivity index is 1.32. The standard InChI is InChI=1S/C21H23N5O2/c27-21(13-16-9-11-18(12-10-16)26-15-23-24-25-26)22-14-17-5-1-4-8-20(17)28-19-6-2-3-7-19/h1,4-5,8-12,15,19H,2-3,6-7,13-14H2,(H,22,27). The van der Waals surface area contributed by atoms with E-state index in [4.69, 9.17) is 4.74 Å². The van der Waals surface area contributed by atoms with Gasteiger partial charge in [-0.05, 0) is 59.9 Å². The molecule has 1 aliphatic carbocycles. The molecule has 144 valence electrons. The Hall–Kier alpha value is -3.22. The first-order chi connectivity index (χ1) is 13.8. The van der Waals surface area contributed by atoms with Crippen molar-refractivity contribution in [1.82, 2.24) is 25.5 Å². The molecule has 0 unspecified atom stereocenters. The van der Waals surface area contributed by atoms with Crippen LogP contribution in [0.4, 0.5) is 0 Å². The molecule has 1 fully saturated rings. The highest BCUT2D eigenvalue weighted by molar-refractivity contribution is 5.78. The zero-order valence-corrected chi connectivity index (χ0v) is 15.6. The summed E-state index contributed by atoms with van der Waals surface area (Å²) in [7, 11) is 0. The fraction of sp³-hybridized carbons (Fsp3) is 0.333. The Morgan fingerprint density at radius 1 is 1.11 bits per heavy atom. The molecule has 0 radical (unpaired) electrons. The number of carbonyl (C=O) groups is 1. The average molecular weight is 377 g/mol. The molecule has 1 N–H and O–H groups in total. The Morgan fingerprint density at radius 3 is 2.64 bits per heavy atom. The number of hydrogen-bond acceptors (Lipinski definition) is 5. The van der Waals surface area contributed by atoms with Crippen LogP contribution in [0.15, 0.2) is 54.9 Å². The SMILES string of the molecule is O=C(Cc1ccc(-n2cnnn2)cc1)NCc1ccccc1OC1CCCC1. The van der Waals surface area contributed by atoms with Gasteiger partial charge in [0.1, 0.15) is 12.1 Å². The quantitative estimate of drug-likeness (QED) is 0.685. The van der Waals surface area contributed by atoms with E-state index in [1.807, 2.05) is 48.5 Å². The highest BCUT2D eigenvalue weighted by atomic mass is 16.5. The molecular formula is C21H23N5O2. The van der Waals surface area contributed by atoms with Gasteiger partial charge in [0.2, 0.25) is 5.91 Å². The van der Waals surface area contributed by atoms with Crippen LogP contribution in [0.25, 0.3) is 5.69 Å². The van der Waals surface area contributed by atoms with Crippen molar-refractivity contribution >= 4 is 5.91 Å². The van der Waals surface area contributed by atoms with E-state index in [2.05, 4.69) is 20.8 Å². The van der Waals surface area contributed by atoms with Crippen LogP contribution in [0.5, 0.6) is 5.75 Å². The largest absolute Gasteiger partial charge is 0.490 e. The summed E-state index contributed by atoms with van der Waals surface area (Å²) in [4.78, 5) is 12.4. The van der Waals surface area contributed by atoms with Crippen molar-refractivity contribution in [1.29, 1.82) is 0 Å². The fourth-order valence-corrected chi connectivity index (χ4v) is 3.44. The average Bonchev–Trinajstić information content (AvgIpc) is 3.42. The number of nitrogens with one attached hydrogen (secondary N) is 1. The first-order valence-corrected chi connectivity index (χ1v) is 9.61. The minimum absolute atomic E-state index is 0.0224. The van der Waals surface area contributed by atoms with Crippen molar-refractivity contribution in [3.63, 3.8) is 0 Å². The second kappa shape index (κ2) is 8.65.